The fourth-order valence-corrected chi connectivity index (χ4v) is 2.45. The molecule has 0 unspecified atom stereocenters. The highest BCUT2D eigenvalue weighted by Gasteiger charge is 2.32. The Hall–Kier alpha value is -1.74. The van der Waals surface area contributed by atoms with Crippen LogP contribution in [0.5, 0.6) is 0 Å². The number of benzene rings is 1. The van der Waals surface area contributed by atoms with Crippen molar-refractivity contribution in [1.82, 2.24) is 0 Å². The SMILES string of the molecule is C[C@@H]1CN(c2ccc(C(F)(F)F)cc2C#N)C[C@H](C)O1. The van der Waals surface area contributed by atoms with Gasteiger partial charge < -0.3 is 9.64 Å². The van der Waals surface area contributed by atoms with Gasteiger partial charge in [-0.15, -0.1) is 0 Å². The molecule has 1 aromatic rings. The van der Waals surface area contributed by atoms with Crippen molar-refractivity contribution in [1.29, 1.82) is 5.26 Å². The van der Waals surface area contributed by atoms with Crippen LogP contribution in [0.4, 0.5) is 18.9 Å². The number of anilines is 1. The Kier molecular flexibility index (Phi) is 3.91. The molecule has 1 saturated heterocycles. The summed E-state index contributed by atoms with van der Waals surface area (Å²) in [5, 5.41) is 9.10. The van der Waals surface area contributed by atoms with Crippen LogP contribution in [0.3, 0.4) is 0 Å². The average molecular weight is 284 g/mol. The van der Waals surface area contributed by atoms with Gasteiger partial charge in [0.1, 0.15) is 6.07 Å². The second kappa shape index (κ2) is 5.33. The molecule has 1 heterocycles. The summed E-state index contributed by atoms with van der Waals surface area (Å²) in [4.78, 5) is 1.90. The van der Waals surface area contributed by atoms with Gasteiger partial charge in [-0.1, -0.05) is 0 Å². The van der Waals surface area contributed by atoms with Gasteiger partial charge in [-0.2, -0.15) is 18.4 Å². The van der Waals surface area contributed by atoms with E-state index in [0.29, 0.717) is 18.8 Å². The van der Waals surface area contributed by atoms with Crippen molar-refractivity contribution in [3.8, 4) is 6.07 Å². The van der Waals surface area contributed by atoms with Crippen molar-refractivity contribution in [3.63, 3.8) is 0 Å². The molecule has 108 valence electrons. The third-order valence-electron chi connectivity index (χ3n) is 3.20. The Morgan fingerprint density at radius 3 is 2.35 bits per heavy atom. The second-order valence-corrected chi connectivity index (χ2v) is 5.00. The topological polar surface area (TPSA) is 36.3 Å². The summed E-state index contributed by atoms with van der Waals surface area (Å²) in [5.41, 5.74) is -0.226. The molecule has 1 aliphatic heterocycles. The lowest BCUT2D eigenvalue weighted by Crippen LogP contribution is -2.45. The van der Waals surface area contributed by atoms with Crippen LogP contribution >= 0.6 is 0 Å². The zero-order valence-electron chi connectivity index (χ0n) is 11.2. The van der Waals surface area contributed by atoms with Gasteiger partial charge in [-0.05, 0) is 32.0 Å². The third kappa shape index (κ3) is 3.05. The predicted octanol–water partition coefficient (Wildman–Crippen LogP) is 3.19. The quantitative estimate of drug-likeness (QED) is 0.794. The summed E-state index contributed by atoms with van der Waals surface area (Å²) in [6.07, 6.45) is -4.48. The van der Waals surface area contributed by atoms with Gasteiger partial charge >= 0.3 is 6.18 Å². The second-order valence-electron chi connectivity index (χ2n) is 5.00. The van der Waals surface area contributed by atoms with Crippen LogP contribution in [0.2, 0.25) is 0 Å². The molecular weight excluding hydrogens is 269 g/mol. The molecule has 1 fully saturated rings. The minimum Gasteiger partial charge on any atom is -0.372 e. The van der Waals surface area contributed by atoms with E-state index < -0.39 is 11.7 Å². The summed E-state index contributed by atoms with van der Waals surface area (Å²) in [6.45, 7) is 4.92. The third-order valence-corrected chi connectivity index (χ3v) is 3.20. The first-order chi connectivity index (χ1) is 9.31. The van der Waals surface area contributed by atoms with Crippen LogP contribution in [0, 0.1) is 11.3 Å². The fraction of sp³-hybridized carbons (Fsp3) is 0.500. The molecule has 0 saturated carbocycles. The van der Waals surface area contributed by atoms with Crippen LogP contribution in [0.25, 0.3) is 0 Å². The maximum absolute atomic E-state index is 12.7. The first kappa shape index (κ1) is 14.7. The highest BCUT2D eigenvalue weighted by Crippen LogP contribution is 2.33. The molecule has 6 heteroatoms. The van der Waals surface area contributed by atoms with Crippen molar-refractivity contribution in [2.75, 3.05) is 18.0 Å². The number of ether oxygens (including phenoxy) is 1. The minimum absolute atomic E-state index is 0.0208. The first-order valence-electron chi connectivity index (χ1n) is 6.33. The van der Waals surface area contributed by atoms with Crippen molar-refractivity contribution in [2.24, 2.45) is 0 Å². The van der Waals surface area contributed by atoms with E-state index in [-0.39, 0.29) is 17.8 Å². The number of rotatable bonds is 1. The summed E-state index contributed by atoms with van der Waals surface area (Å²) in [6, 6.07) is 5.14. The summed E-state index contributed by atoms with van der Waals surface area (Å²) in [7, 11) is 0. The van der Waals surface area contributed by atoms with Gasteiger partial charge in [0, 0.05) is 13.1 Å². The molecule has 2 rings (SSSR count). The Bertz CT molecular complexity index is 526. The highest BCUT2D eigenvalue weighted by molar-refractivity contribution is 5.61. The maximum Gasteiger partial charge on any atom is 0.416 e. The van der Waals surface area contributed by atoms with E-state index in [9.17, 15) is 13.2 Å². The number of nitriles is 1. The molecule has 0 N–H and O–H groups in total. The van der Waals surface area contributed by atoms with Crippen LogP contribution < -0.4 is 4.90 Å². The minimum atomic E-state index is -4.43. The van der Waals surface area contributed by atoms with Crippen LogP contribution in [-0.2, 0) is 10.9 Å². The molecule has 0 spiro atoms. The molecule has 0 radical (unpaired) electrons. The van der Waals surface area contributed by atoms with Gasteiger partial charge in [0.15, 0.2) is 0 Å². The number of nitrogens with zero attached hydrogens (tertiary/aromatic N) is 2. The summed E-state index contributed by atoms with van der Waals surface area (Å²) in [5.74, 6) is 0. The van der Waals surface area contributed by atoms with E-state index in [1.165, 1.54) is 6.07 Å². The molecule has 0 aromatic heterocycles. The van der Waals surface area contributed by atoms with Crippen molar-refractivity contribution < 1.29 is 17.9 Å². The number of morpholine rings is 1. The molecule has 0 amide bonds. The fourth-order valence-electron chi connectivity index (χ4n) is 2.45. The number of hydrogen-bond donors (Lipinski definition) is 0. The van der Waals surface area contributed by atoms with Gasteiger partial charge in [0.05, 0.1) is 29.0 Å². The van der Waals surface area contributed by atoms with Gasteiger partial charge in [-0.25, -0.2) is 0 Å². The molecule has 3 nitrogen and oxygen atoms in total. The monoisotopic (exact) mass is 284 g/mol. The Labute approximate surface area is 115 Å². The molecular formula is C14H15F3N2O. The van der Waals surface area contributed by atoms with Gasteiger partial charge in [0.2, 0.25) is 0 Å². The lowest BCUT2D eigenvalue weighted by atomic mass is 10.1. The van der Waals surface area contributed by atoms with Crippen LogP contribution in [0.1, 0.15) is 25.0 Å². The molecule has 2 atom stereocenters. The van der Waals surface area contributed by atoms with E-state index >= 15 is 0 Å². The molecule has 0 bridgehead atoms. The largest absolute Gasteiger partial charge is 0.416 e. The number of hydrogen-bond acceptors (Lipinski definition) is 3. The lowest BCUT2D eigenvalue weighted by molar-refractivity contribution is -0.137. The van der Waals surface area contributed by atoms with E-state index in [0.717, 1.165) is 12.1 Å². The zero-order valence-corrected chi connectivity index (χ0v) is 11.2. The van der Waals surface area contributed by atoms with Crippen LogP contribution in [-0.4, -0.2) is 25.3 Å². The van der Waals surface area contributed by atoms with E-state index in [1.807, 2.05) is 24.8 Å². The normalized spacial score (nSPS) is 23.5. The van der Waals surface area contributed by atoms with E-state index in [2.05, 4.69) is 0 Å². The molecule has 20 heavy (non-hydrogen) atoms. The van der Waals surface area contributed by atoms with Crippen molar-refractivity contribution in [2.45, 2.75) is 32.2 Å². The number of alkyl halides is 3. The Balaban J connectivity index is 2.35. The van der Waals surface area contributed by atoms with Crippen LogP contribution in [0.15, 0.2) is 18.2 Å². The predicted molar refractivity (Wildman–Crippen MR) is 68.4 cm³/mol. The van der Waals surface area contributed by atoms with Crippen molar-refractivity contribution in [3.05, 3.63) is 29.3 Å². The van der Waals surface area contributed by atoms with E-state index in [1.54, 1.807) is 0 Å². The maximum atomic E-state index is 12.7. The first-order valence-corrected chi connectivity index (χ1v) is 6.33. The Morgan fingerprint density at radius 2 is 1.85 bits per heavy atom. The standard InChI is InChI=1S/C14H15F3N2O/c1-9-7-19(8-10(2)20-9)13-4-3-12(14(15,16)17)5-11(13)6-18/h3-5,9-10H,7-8H2,1-2H3/t9-,10+. The smallest absolute Gasteiger partial charge is 0.372 e. The van der Waals surface area contributed by atoms with E-state index in [4.69, 9.17) is 10.00 Å². The summed E-state index contributed by atoms with van der Waals surface area (Å²) >= 11 is 0. The highest BCUT2D eigenvalue weighted by atomic mass is 19.4. The Morgan fingerprint density at radius 1 is 1.25 bits per heavy atom. The molecule has 0 aliphatic carbocycles. The molecule has 1 aromatic carbocycles. The molecule has 1 aliphatic rings. The van der Waals surface area contributed by atoms with Crippen molar-refractivity contribution >= 4 is 5.69 Å². The summed E-state index contributed by atoms with van der Waals surface area (Å²) < 4.78 is 43.6. The average Bonchev–Trinajstić information content (AvgIpc) is 2.35. The lowest BCUT2D eigenvalue weighted by Gasteiger charge is -2.37. The van der Waals surface area contributed by atoms with Gasteiger partial charge in [-0.3, -0.25) is 0 Å². The zero-order chi connectivity index (χ0) is 14.9. The number of halogens is 3. The van der Waals surface area contributed by atoms with Gasteiger partial charge in [0.25, 0.3) is 0 Å².